The minimum atomic E-state index is -1.25. The zero-order valence-corrected chi connectivity index (χ0v) is 11.4. The first-order valence-corrected chi connectivity index (χ1v) is 6.16. The van der Waals surface area contributed by atoms with E-state index in [4.69, 9.17) is 4.74 Å². The van der Waals surface area contributed by atoms with E-state index < -0.39 is 12.1 Å². The summed E-state index contributed by atoms with van der Waals surface area (Å²) >= 11 is 0. The SMILES string of the molecule is COC(=O)[C@H](O)c1ccc(-c2ccc(OC)cc2)cc1. The highest BCUT2D eigenvalue weighted by molar-refractivity contribution is 5.76. The molecule has 0 fully saturated rings. The standard InChI is InChI=1S/C16H16O4/c1-19-14-9-7-12(8-10-14)11-3-5-13(6-4-11)15(17)16(18)20-2/h3-10,15,17H,1-2H3/t15-/m1/s1. The molecule has 0 bridgehead atoms. The maximum Gasteiger partial charge on any atom is 0.339 e. The largest absolute Gasteiger partial charge is 0.497 e. The summed E-state index contributed by atoms with van der Waals surface area (Å²) in [5.74, 6) is 0.133. The van der Waals surface area contributed by atoms with Gasteiger partial charge in [0, 0.05) is 0 Å². The molecule has 1 N–H and O–H groups in total. The van der Waals surface area contributed by atoms with E-state index in [1.54, 1.807) is 19.2 Å². The maximum atomic E-state index is 11.3. The van der Waals surface area contributed by atoms with Crippen LogP contribution < -0.4 is 4.74 Å². The van der Waals surface area contributed by atoms with E-state index in [1.807, 2.05) is 36.4 Å². The number of hydrogen-bond acceptors (Lipinski definition) is 4. The molecule has 2 rings (SSSR count). The molecular weight excluding hydrogens is 256 g/mol. The number of benzene rings is 2. The van der Waals surface area contributed by atoms with E-state index >= 15 is 0 Å². The highest BCUT2D eigenvalue weighted by Crippen LogP contribution is 2.24. The smallest absolute Gasteiger partial charge is 0.339 e. The van der Waals surface area contributed by atoms with Gasteiger partial charge >= 0.3 is 5.97 Å². The normalized spacial score (nSPS) is 11.8. The van der Waals surface area contributed by atoms with Crippen LogP contribution >= 0.6 is 0 Å². The third-order valence-electron chi connectivity index (χ3n) is 3.07. The Balaban J connectivity index is 2.20. The molecule has 104 valence electrons. The van der Waals surface area contributed by atoms with Crippen LogP contribution in [0.3, 0.4) is 0 Å². The maximum absolute atomic E-state index is 11.3. The topological polar surface area (TPSA) is 55.8 Å². The molecule has 0 aliphatic heterocycles. The van der Waals surface area contributed by atoms with E-state index in [-0.39, 0.29) is 0 Å². The van der Waals surface area contributed by atoms with Crippen LogP contribution in [0.1, 0.15) is 11.7 Å². The van der Waals surface area contributed by atoms with Crippen molar-refractivity contribution in [2.45, 2.75) is 6.10 Å². The molecule has 0 heterocycles. The summed E-state index contributed by atoms with van der Waals surface area (Å²) in [4.78, 5) is 11.3. The number of methoxy groups -OCH3 is 2. The fraction of sp³-hybridized carbons (Fsp3) is 0.188. The molecule has 4 heteroatoms. The van der Waals surface area contributed by atoms with Crippen LogP contribution in [0.2, 0.25) is 0 Å². The molecule has 4 nitrogen and oxygen atoms in total. The summed E-state index contributed by atoms with van der Waals surface area (Å²) in [7, 11) is 2.87. The van der Waals surface area contributed by atoms with Gasteiger partial charge in [0.1, 0.15) is 5.75 Å². The number of carbonyl (C=O) groups is 1. The van der Waals surface area contributed by atoms with E-state index in [1.165, 1.54) is 7.11 Å². The van der Waals surface area contributed by atoms with Gasteiger partial charge in [-0.1, -0.05) is 36.4 Å². The van der Waals surface area contributed by atoms with Crippen molar-refractivity contribution in [3.05, 3.63) is 54.1 Å². The molecule has 0 saturated carbocycles. The van der Waals surface area contributed by atoms with Gasteiger partial charge in [0.15, 0.2) is 6.10 Å². The molecule has 0 aliphatic rings. The minimum absolute atomic E-state index is 0.508. The lowest BCUT2D eigenvalue weighted by Crippen LogP contribution is -2.13. The van der Waals surface area contributed by atoms with Gasteiger partial charge in [0.05, 0.1) is 14.2 Å². The first-order chi connectivity index (χ1) is 9.65. The van der Waals surface area contributed by atoms with Crippen LogP contribution in [-0.2, 0) is 9.53 Å². The highest BCUT2D eigenvalue weighted by Gasteiger charge is 2.17. The van der Waals surface area contributed by atoms with Crippen molar-refractivity contribution in [1.82, 2.24) is 0 Å². The highest BCUT2D eigenvalue weighted by atomic mass is 16.5. The van der Waals surface area contributed by atoms with Gasteiger partial charge in [0.2, 0.25) is 0 Å². The Labute approximate surface area is 117 Å². The molecule has 2 aromatic carbocycles. The molecule has 0 aromatic heterocycles. The van der Waals surface area contributed by atoms with Crippen molar-refractivity contribution in [2.24, 2.45) is 0 Å². The van der Waals surface area contributed by atoms with Crippen molar-refractivity contribution >= 4 is 5.97 Å². The fourth-order valence-electron chi connectivity index (χ4n) is 1.89. The van der Waals surface area contributed by atoms with Crippen LogP contribution in [0.4, 0.5) is 0 Å². The summed E-state index contributed by atoms with van der Waals surface area (Å²) in [5.41, 5.74) is 2.53. The van der Waals surface area contributed by atoms with Crippen molar-refractivity contribution in [3.63, 3.8) is 0 Å². The van der Waals surface area contributed by atoms with E-state index in [0.717, 1.165) is 16.9 Å². The first-order valence-electron chi connectivity index (χ1n) is 6.16. The zero-order valence-electron chi connectivity index (χ0n) is 11.4. The van der Waals surface area contributed by atoms with Gasteiger partial charge in [-0.15, -0.1) is 0 Å². The summed E-state index contributed by atoms with van der Waals surface area (Å²) in [6, 6.07) is 14.8. The fourth-order valence-corrected chi connectivity index (χ4v) is 1.89. The molecular formula is C16H16O4. The quantitative estimate of drug-likeness (QED) is 0.869. The van der Waals surface area contributed by atoms with Gasteiger partial charge in [-0.05, 0) is 28.8 Å². The molecule has 0 spiro atoms. The van der Waals surface area contributed by atoms with Crippen molar-refractivity contribution in [2.75, 3.05) is 14.2 Å². The predicted octanol–water partition coefficient (Wildman–Crippen LogP) is 2.57. The number of carbonyl (C=O) groups excluding carboxylic acids is 1. The minimum Gasteiger partial charge on any atom is -0.497 e. The van der Waals surface area contributed by atoms with Gasteiger partial charge in [-0.2, -0.15) is 0 Å². The van der Waals surface area contributed by atoms with Gasteiger partial charge < -0.3 is 14.6 Å². The molecule has 0 aliphatic carbocycles. The van der Waals surface area contributed by atoms with Crippen LogP contribution in [0, 0.1) is 0 Å². The Kier molecular flexibility index (Phi) is 4.38. The van der Waals surface area contributed by atoms with Crippen LogP contribution in [0.5, 0.6) is 5.75 Å². The lowest BCUT2D eigenvalue weighted by molar-refractivity contribution is -0.150. The third kappa shape index (κ3) is 2.97. The van der Waals surface area contributed by atoms with E-state index in [9.17, 15) is 9.90 Å². The average molecular weight is 272 g/mol. The van der Waals surface area contributed by atoms with Crippen LogP contribution in [-0.4, -0.2) is 25.3 Å². The van der Waals surface area contributed by atoms with E-state index in [0.29, 0.717) is 5.56 Å². The Morgan fingerprint density at radius 3 is 1.90 bits per heavy atom. The number of hydrogen-bond donors (Lipinski definition) is 1. The second-order valence-corrected chi connectivity index (χ2v) is 4.28. The number of aliphatic hydroxyl groups is 1. The molecule has 0 saturated heterocycles. The number of rotatable bonds is 4. The lowest BCUT2D eigenvalue weighted by Gasteiger charge is -2.09. The summed E-state index contributed by atoms with van der Waals surface area (Å²) < 4.78 is 9.61. The zero-order chi connectivity index (χ0) is 14.5. The van der Waals surface area contributed by atoms with Crippen molar-refractivity contribution in [3.8, 4) is 16.9 Å². The van der Waals surface area contributed by atoms with Crippen LogP contribution in [0.15, 0.2) is 48.5 Å². The third-order valence-corrected chi connectivity index (χ3v) is 3.07. The number of esters is 1. The van der Waals surface area contributed by atoms with Gasteiger partial charge in [-0.3, -0.25) is 0 Å². The number of ether oxygens (including phenoxy) is 2. The molecule has 0 unspecified atom stereocenters. The first kappa shape index (κ1) is 14.1. The molecule has 0 amide bonds. The Bertz CT molecular complexity index is 572. The average Bonchev–Trinajstić information content (AvgIpc) is 2.53. The molecule has 20 heavy (non-hydrogen) atoms. The second kappa shape index (κ2) is 6.21. The summed E-state index contributed by atoms with van der Waals surface area (Å²) in [6.45, 7) is 0. The van der Waals surface area contributed by atoms with Gasteiger partial charge in [-0.25, -0.2) is 4.79 Å². The van der Waals surface area contributed by atoms with Crippen molar-refractivity contribution < 1.29 is 19.4 Å². The Morgan fingerprint density at radius 1 is 0.950 bits per heavy atom. The molecule has 0 radical (unpaired) electrons. The second-order valence-electron chi connectivity index (χ2n) is 4.28. The summed E-state index contributed by atoms with van der Waals surface area (Å²) in [6.07, 6.45) is -1.25. The number of aliphatic hydroxyl groups excluding tert-OH is 1. The van der Waals surface area contributed by atoms with Crippen LogP contribution in [0.25, 0.3) is 11.1 Å². The van der Waals surface area contributed by atoms with Gasteiger partial charge in [0.25, 0.3) is 0 Å². The monoisotopic (exact) mass is 272 g/mol. The molecule has 2 aromatic rings. The van der Waals surface area contributed by atoms with Crippen molar-refractivity contribution in [1.29, 1.82) is 0 Å². The summed E-state index contributed by atoms with van der Waals surface area (Å²) in [5, 5.41) is 9.73. The predicted molar refractivity (Wildman–Crippen MR) is 75.4 cm³/mol. The Morgan fingerprint density at radius 2 is 1.45 bits per heavy atom. The Hall–Kier alpha value is -2.33. The lowest BCUT2D eigenvalue weighted by atomic mass is 10.0. The molecule has 1 atom stereocenters. The van der Waals surface area contributed by atoms with E-state index in [2.05, 4.69) is 4.74 Å².